The maximum atomic E-state index is 3.75. The Hall–Kier alpha value is -0.820. The molecule has 0 aromatic heterocycles. The molecular formula is C12H19N. The van der Waals surface area contributed by atoms with Crippen molar-refractivity contribution in [3.63, 3.8) is 0 Å². The molecule has 0 aliphatic carbocycles. The molecule has 0 bridgehead atoms. The summed E-state index contributed by atoms with van der Waals surface area (Å²) in [4.78, 5) is 0. The highest BCUT2D eigenvalue weighted by molar-refractivity contribution is 5.36. The average Bonchev–Trinajstić information content (AvgIpc) is 2.09. The predicted octanol–water partition coefficient (Wildman–Crippen LogP) is 1.51. The number of nitrogens with two attached hydrogens (primary N) is 1. The fourth-order valence-electron chi connectivity index (χ4n) is 1.55. The summed E-state index contributed by atoms with van der Waals surface area (Å²) >= 11 is 0. The molecule has 1 aromatic carbocycles. The van der Waals surface area contributed by atoms with Crippen LogP contribution in [0.1, 0.15) is 22.3 Å². The Kier molecular flexibility index (Phi) is 3.49. The summed E-state index contributed by atoms with van der Waals surface area (Å²) in [6.45, 7) is 7.60. The van der Waals surface area contributed by atoms with Crippen molar-refractivity contribution in [3.8, 4) is 0 Å². The van der Waals surface area contributed by atoms with Crippen LogP contribution < -0.4 is 5.32 Å². The van der Waals surface area contributed by atoms with E-state index in [1.165, 1.54) is 22.3 Å². The standard InChI is InChI=1S/C12H19N/c1-9-7-11(3)12(5-6-13-4)8-10(9)2/h7-8H,4-6,13H2,1-3H3. The molecule has 1 rings (SSSR count). The minimum atomic E-state index is 1.07. The van der Waals surface area contributed by atoms with Gasteiger partial charge in [0.15, 0.2) is 0 Å². The van der Waals surface area contributed by atoms with E-state index in [0.29, 0.717) is 0 Å². The van der Waals surface area contributed by atoms with E-state index in [0.717, 1.165) is 13.0 Å². The number of hydrogen-bond donors (Lipinski definition) is 1. The van der Waals surface area contributed by atoms with Gasteiger partial charge < -0.3 is 5.32 Å². The zero-order valence-corrected chi connectivity index (χ0v) is 8.85. The van der Waals surface area contributed by atoms with Crippen molar-refractivity contribution in [3.05, 3.63) is 41.4 Å². The van der Waals surface area contributed by atoms with Gasteiger partial charge in [0, 0.05) is 6.42 Å². The third-order valence-electron chi connectivity index (χ3n) is 2.57. The highest BCUT2D eigenvalue weighted by Gasteiger charge is 2.01. The van der Waals surface area contributed by atoms with Gasteiger partial charge in [0.25, 0.3) is 0 Å². The number of aryl methyl sites for hydroxylation is 3. The van der Waals surface area contributed by atoms with Crippen molar-refractivity contribution in [2.75, 3.05) is 6.54 Å². The lowest BCUT2D eigenvalue weighted by Crippen LogP contribution is -2.77. The van der Waals surface area contributed by atoms with Crippen LogP contribution in [-0.4, -0.2) is 6.54 Å². The molecule has 0 saturated heterocycles. The Labute approximate surface area is 81.2 Å². The quantitative estimate of drug-likeness (QED) is 0.674. The molecule has 0 aliphatic rings. The molecule has 1 aromatic rings. The SMILES string of the molecule is [CH2-][NH2+]CCc1cc(C)c(C)cc1C. The predicted molar refractivity (Wildman–Crippen MR) is 56.5 cm³/mol. The molecule has 0 saturated carbocycles. The van der Waals surface area contributed by atoms with Crippen molar-refractivity contribution >= 4 is 0 Å². The summed E-state index contributed by atoms with van der Waals surface area (Å²) < 4.78 is 0. The van der Waals surface area contributed by atoms with E-state index in [1.807, 2.05) is 5.32 Å². The van der Waals surface area contributed by atoms with Gasteiger partial charge in [0.05, 0.1) is 6.54 Å². The zero-order valence-electron chi connectivity index (χ0n) is 8.85. The normalized spacial score (nSPS) is 10.5. The Balaban J connectivity index is 2.88. The number of benzene rings is 1. The van der Waals surface area contributed by atoms with Gasteiger partial charge >= 0.3 is 0 Å². The van der Waals surface area contributed by atoms with Gasteiger partial charge in [-0.1, -0.05) is 12.1 Å². The second-order valence-corrected chi connectivity index (χ2v) is 3.69. The zero-order chi connectivity index (χ0) is 9.84. The van der Waals surface area contributed by atoms with Gasteiger partial charge in [-0.2, -0.15) is 7.05 Å². The minimum Gasteiger partial charge on any atom is -0.479 e. The topological polar surface area (TPSA) is 16.6 Å². The van der Waals surface area contributed by atoms with Crippen LogP contribution in [0.4, 0.5) is 0 Å². The average molecular weight is 177 g/mol. The van der Waals surface area contributed by atoms with Crippen LogP contribution in [0.3, 0.4) is 0 Å². The summed E-state index contributed by atoms with van der Waals surface area (Å²) in [6, 6.07) is 4.57. The fourth-order valence-corrected chi connectivity index (χ4v) is 1.55. The summed E-state index contributed by atoms with van der Waals surface area (Å²) in [7, 11) is 3.75. The monoisotopic (exact) mass is 177 g/mol. The van der Waals surface area contributed by atoms with Gasteiger partial charge in [-0.05, 0) is 43.0 Å². The first kappa shape index (κ1) is 10.3. The van der Waals surface area contributed by atoms with E-state index < -0.39 is 0 Å². The lowest BCUT2D eigenvalue weighted by Gasteiger charge is -2.09. The molecule has 13 heavy (non-hydrogen) atoms. The summed E-state index contributed by atoms with van der Waals surface area (Å²) in [5.74, 6) is 0. The number of quaternary nitrogens is 1. The molecular weight excluding hydrogens is 158 g/mol. The molecule has 2 N–H and O–H groups in total. The van der Waals surface area contributed by atoms with Crippen LogP contribution in [0.15, 0.2) is 12.1 Å². The highest BCUT2D eigenvalue weighted by atomic mass is 14.8. The molecule has 0 spiro atoms. The van der Waals surface area contributed by atoms with Crippen LogP contribution in [0, 0.1) is 27.8 Å². The van der Waals surface area contributed by atoms with Gasteiger partial charge in [-0.25, -0.2) is 0 Å². The van der Waals surface area contributed by atoms with Crippen molar-refractivity contribution in [1.82, 2.24) is 0 Å². The molecule has 0 aliphatic heterocycles. The first-order chi connectivity index (χ1) is 6.15. The van der Waals surface area contributed by atoms with Gasteiger partial charge in [0.1, 0.15) is 0 Å². The van der Waals surface area contributed by atoms with Crippen LogP contribution >= 0.6 is 0 Å². The number of rotatable bonds is 3. The van der Waals surface area contributed by atoms with Crippen molar-refractivity contribution < 1.29 is 5.32 Å². The van der Waals surface area contributed by atoms with Crippen molar-refractivity contribution in [1.29, 1.82) is 0 Å². The molecule has 0 atom stereocenters. The van der Waals surface area contributed by atoms with Crippen molar-refractivity contribution in [2.45, 2.75) is 27.2 Å². The molecule has 1 heteroatoms. The Morgan fingerprint density at radius 3 is 2.31 bits per heavy atom. The van der Waals surface area contributed by atoms with Crippen LogP contribution in [0.2, 0.25) is 0 Å². The minimum absolute atomic E-state index is 1.07. The van der Waals surface area contributed by atoms with Gasteiger partial charge in [0.2, 0.25) is 0 Å². The molecule has 0 amide bonds. The van der Waals surface area contributed by atoms with E-state index in [-0.39, 0.29) is 0 Å². The lowest BCUT2D eigenvalue weighted by atomic mass is 9.99. The summed E-state index contributed by atoms with van der Waals surface area (Å²) in [5.41, 5.74) is 5.65. The van der Waals surface area contributed by atoms with Crippen LogP contribution in [0.5, 0.6) is 0 Å². The van der Waals surface area contributed by atoms with Crippen LogP contribution in [0.25, 0.3) is 0 Å². The van der Waals surface area contributed by atoms with Gasteiger partial charge in [-0.15, -0.1) is 0 Å². The molecule has 72 valence electrons. The molecule has 1 nitrogen and oxygen atoms in total. The Morgan fingerprint density at radius 1 is 1.08 bits per heavy atom. The van der Waals surface area contributed by atoms with Gasteiger partial charge in [-0.3, -0.25) is 0 Å². The molecule has 0 fully saturated rings. The van der Waals surface area contributed by atoms with E-state index in [2.05, 4.69) is 40.0 Å². The van der Waals surface area contributed by atoms with E-state index in [4.69, 9.17) is 0 Å². The Bertz CT molecular complexity index is 289. The smallest absolute Gasteiger partial charge is 0.0556 e. The lowest BCUT2D eigenvalue weighted by molar-refractivity contribution is -0.594. The highest BCUT2D eigenvalue weighted by Crippen LogP contribution is 2.15. The number of hydrogen-bond acceptors (Lipinski definition) is 0. The molecule has 0 unspecified atom stereocenters. The fraction of sp³-hybridized carbons (Fsp3) is 0.417. The largest absolute Gasteiger partial charge is 0.479 e. The summed E-state index contributed by atoms with van der Waals surface area (Å²) in [5, 5.41) is 1.98. The third kappa shape index (κ3) is 2.56. The van der Waals surface area contributed by atoms with Crippen molar-refractivity contribution in [2.24, 2.45) is 0 Å². The van der Waals surface area contributed by atoms with Crippen LogP contribution in [-0.2, 0) is 6.42 Å². The van der Waals surface area contributed by atoms with E-state index >= 15 is 0 Å². The summed E-state index contributed by atoms with van der Waals surface area (Å²) in [6.07, 6.45) is 1.12. The van der Waals surface area contributed by atoms with E-state index in [1.54, 1.807) is 0 Å². The maximum absolute atomic E-state index is 3.75. The second-order valence-electron chi connectivity index (χ2n) is 3.69. The second kappa shape index (κ2) is 4.43. The first-order valence-electron chi connectivity index (χ1n) is 4.82. The first-order valence-corrected chi connectivity index (χ1v) is 4.82. The maximum Gasteiger partial charge on any atom is 0.0556 e. The Morgan fingerprint density at radius 2 is 1.69 bits per heavy atom. The molecule has 0 heterocycles. The third-order valence-corrected chi connectivity index (χ3v) is 2.57. The van der Waals surface area contributed by atoms with E-state index in [9.17, 15) is 0 Å². The molecule has 0 radical (unpaired) electrons.